The van der Waals surface area contributed by atoms with Crippen LogP contribution in [0, 0.1) is 0 Å². The molecule has 0 aromatic carbocycles. The van der Waals surface area contributed by atoms with Crippen molar-refractivity contribution < 1.29 is 4.42 Å². The Kier molecular flexibility index (Phi) is 2.12. The van der Waals surface area contributed by atoms with Gasteiger partial charge in [-0.3, -0.25) is 0 Å². The second kappa shape index (κ2) is 2.44. The molecular formula is C2H2BN2O. The van der Waals surface area contributed by atoms with Crippen LogP contribution in [0.15, 0.2) is 17.2 Å². The molecule has 4 heteroatoms. The van der Waals surface area contributed by atoms with Crippen LogP contribution in [0.3, 0.4) is 0 Å². The first-order valence-corrected chi connectivity index (χ1v) is 1.19. The minimum atomic E-state index is 0. The van der Waals surface area contributed by atoms with Gasteiger partial charge in [0.2, 0.25) is 12.8 Å². The molecule has 0 bridgehead atoms. The molecule has 0 N–H and O–H groups in total. The highest BCUT2D eigenvalue weighted by Gasteiger charge is 1.60. The van der Waals surface area contributed by atoms with Gasteiger partial charge >= 0.3 is 0 Å². The molecule has 0 aliphatic rings. The molecule has 0 saturated heterocycles. The van der Waals surface area contributed by atoms with E-state index >= 15 is 0 Å². The van der Waals surface area contributed by atoms with E-state index in [0.717, 1.165) is 0 Å². The first-order chi connectivity index (χ1) is 2.50. The molecule has 3 radical (unpaired) electrons. The molecule has 3 nitrogen and oxygen atoms in total. The Morgan fingerprint density at radius 1 is 1.17 bits per heavy atom. The number of hydrogen-bond acceptors (Lipinski definition) is 3. The topological polar surface area (TPSA) is 38.9 Å². The lowest BCUT2D eigenvalue weighted by molar-refractivity contribution is 0.553. The molecule has 0 aliphatic heterocycles. The average molecular weight is 80.9 g/mol. The fourth-order valence-electron chi connectivity index (χ4n) is 0.136. The van der Waals surface area contributed by atoms with E-state index in [9.17, 15) is 0 Å². The molecule has 0 atom stereocenters. The summed E-state index contributed by atoms with van der Waals surface area (Å²) >= 11 is 0. The summed E-state index contributed by atoms with van der Waals surface area (Å²) in [6, 6.07) is 0. The third-order valence-electron chi connectivity index (χ3n) is 0.283. The normalized spacial score (nSPS) is 6.67. The van der Waals surface area contributed by atoms with Crippen molar-refractivity contribution in [1.82, 2.24) is 10.2 Å². The summed E-state index contributed by atoms with van der Waals surface area (Å²) in [5.41, 5.74) is 0. The molecule has 0 unspecified atom stereocenters. The summed E-state index contributed by atoms with van der Waals surface area (Å²) in [4.78, 5) is 0. The highest BCUT2D eigenvalue weighted by atomic mass is 16.3. The van der Waals surface area contributed by atoms with Crippen molar-refractivity contribution >= 4 is 8.41 Å². The van der Waals surface area contributed by atoms with E-state index in [2.05, 4.69) is 14.6 Å². The van der Waals surface area contributed by atoms with E-state index < -0.39 is 0 Å². The van der Waals surface area contributed by atoms with Crippen LogP contribution in [0.5, 0.6) is 0 Å². The van der Waals surface area contributed by atoms with Gasteiger partial charge in [0, 0.05) is 8.41 Å². The Bertz CT molecular complexity index is 68.0. The molecule has 1 aromatic heterocycles. The highest BCUT2D eigenvalue weighted by molar-refractivity contribution is 5.75. The van der Waals surface area contributed by atoms with E-state index in [1.54, 1.807) is 0 Å². The lowest BCUT2D eigenvalue weighted by atomic mass is 10.8. The van der Waals surface area contributed by atoms with E-state index in [-0.39, 0.29) is 8.41 Å². The molecule has 6 heavy (non-hydrogen) atoms. The van der Waals surface area contributed by atoms with Crippen LogP contribution >= 0.6 is 0 Å². The van der Waals surface area contributed by atoms with Crippen molar-refractivity contribution in [1.29, 1.82) is 0 Å². The zero-order chi connectivity index (χ0) is 3.54. The lowest BCUT2D eigenvalue weighted by Crippen LogP contribution is -1.53. The minimum absolute atomic E-state index is 0. The second-order valence-electron chi connectivity index (χ2n) is 0.578. The van der Waals surface area contributed by atoms with Gasteiger partial charge in [-0.2, -0.15) is 0 Å². The van der Waals surface area contributed by atoms with Crippen molar-refractivity contribution in [2.24, 2.45) is 0 Å². The summed E-state index contributed by atoms with van der Waals surface area (Å²) in [6.45, 7) is 0. The Labute approximate surface area is 37.0 Å². The minimum Gasteiger partial charge on any atom is -0.431 e. The third-order valence-corrected chi connectivity index (χ3v) is 0.283. The molecule has 0 spiro atoms. The van der Waals surface area contributed by atoms with Gasteiger partial charge < -0.3 is 4.42 Å². The Hall–Kier alpha value is -0.795. The van der Waals surface area contributed by atoms with Crippen LogP contribution in [0.25, 0.3) is 0 Å². The Morgan fingerprint density at radius 3 is 1.83 bits per heavy atom. The third kappa shape index (κ3) is 0.881. The van der Waals surface area contributed by atoms with Gasteiger partial charge in [0.1, 0.15) is 0 Å². The van der Waals surface area contributed by atoms with Gasteiger partial charge in [0.05, 0.1) is 0 Å². The van der Waals surface area contributed by atoms with Crippen LogP contribution in [-0.2, 0) is 0 Å². The summed E-state index contributed by atoms with van der Waals surface area (Å²) in [5, 5.41) is 6.61. The molecule has 0 aliphatic carbocycles. The van der Waals surface area contributed by atoms with E-state index in [1.807, 2.05) is 0 Å². The SMILES string of the molecule is [B].c1nnco1. The first kappa shape index (κ1) is 5.20. The van der Waals surface area contributed by atoms with Crippen LogP contribution in [-0.4, -0.2) is 18.6 Å². The van der Waals surface area contributed by atoms with Gasteiger partial charge in [0.15, 0.2) is 0 Å². The zero-order valence-corrected chi connectivity index (χ0v) is 3.03. The fraction of sp³-hybridized carbons (Fsp3) is 0. The van der Waals surface area contributed by atoms with Gasteiger partial charge in [-0.15, -0.1) is 10.2 Å². The maximum absolute atomic E-state index is 4.36. The summed E-state index contributed by atoms with van der Waals surface area (Å²) in [6.07, 6.45) is 2.53. The second-order valence-corrected chi connectivity index (χ2v) is 0.578. The average Bonchev–Trinajstić information content (AvgIpc) is 1.76. The van der Waals surface area contributed by atoms with Crippen LogP contribution in [0.1, 0.15) is 0 Å². The van der Waals surface area contributed by atoms with Gasteiger partial charge in [0.25, 0.3) is 0 Å². The predicted octanol–water partition coefficient (Wildman–Crippen LogP) is -0.311. The molecule has 1 heterocycles. The summed E-state index contributed by atoms with van der Waals surface area (Å²) in [7, 11) is 0. The van der Waals surface area contributed by atoms with Crippen molar-refractivity contribution in [2.45, 2.75) is 0 Å². The smallest absolute Gasteiger partial charge is 0.203 e. The molecule has 29 valence electrons. The predicted molar refractivity (Wildman–Crippen MR) is 20.1 cm³/mol. The monoisotopic (exact) mass is 81.0 g/mol. The van der Waals surface area contributed by atoms with Gasteiger partial charge in [-0.25, -0.2) is 0 Å². The molecule has 1 aromatic rings. The molecule has 0 saturated carbocycles. The standard InChI is InChI=1S/C2H2N2O.B/c1-3-4-2-5-1;/h1-2H;. The van der Waals surface area contributed by atoms with Crippen molar-refractivity contribution in [3.63, 3.8) is 0 Å². The Balaban J connectivity index is 0.000000250. The number of nitrogens with zero attached hydrogens (tertiary/aromatic N) is 2. The molecule has 1 rings (SSSR count). The van der Waals surface area contributed by atoms with Crippen LogP contribution in [0.2, 0.25) is 0 Å². The van der Waals surface area contributed by atoms with Crippen LogP contribution < -0.4 is 0 Å². The van der Waals surface area contributed by atoms with E-state index in [1.165, 1.54) is 12.8 Å². The van der Waals surface area contributed by atoms with Crippen molar-refractivity contribution in [3.05, 3.63) is 12.8 Å². The van der Waals surface area contributed by atoms with Crippen LogP contribution in [0.4, 0.5) is 0 Å². The summed E-state index contributed by atoms with van der Waals surface area (Å²) in [5.74, 6) is 0. The molecule has 0 fully saturated rings. The maximum Gasteiger partial charge on any atom is 0.203 e. The first-order valence-electron chi connectivity index (χ1n) is 1.19. The fourth-order valence-corrected chi connectivity index (χ4v) is 0.136. The van der Waals surface area contributed by atoms with E-state index in [0.29, 0.717) is 0 Å². The number of rotatable bonds is 0. The molecule has 0 amide bonds. The maximum atomic E-state index is 4.36. The zero-order valence-electron chi connectivity index (χ0n) is 3.03. The van der Waals surface area contributed by atoms with E-state index in [4.69, 9.17) is 0 Å². The largest absolute Gasteiger partial charge is 0.431 e. The van der Waals surface area contributed by atoms with Crippen molar-refractivity contribution in [2.75, 3.05) is 0 Å². The number of hydrogen-bond donors (Lipinski definition) is 0. The van der Waals surface area contributed by atoms with Crippen molar-refractivity contribution in [3.8, 4) is 0 Å². The quantitative estimate of drug-likeness (QED) is 0.402. The summed E-state index contributed by atoms with van der Waals surface area (Å²) < 4.78 is 4.36. The highest BCUT2D eigenvalue weighted by Crippen LogP contribution is 1.64. The number of aromatic nitrogens is 2. The van der Waals surface area contributed by atoms with Gasteiger partial charge in [-0.05, 0) is 0 Å². The lowest BCUT2D eigenvalue weighted by Gasteiger charge is -1.44. The molecular weight excluding hydrogens is 78.8 g/mol. The van der Waals surface area contributed by atoms with Gasteiger partial charge in [-0.1, -0.05) is 0 Å². The Morgan fingerprint density at radius 2 is 1.67 bits per heavy atom.